The van der Waals surface area contributed by atoms with E-state index in [9.17, 15) is 9.59 Å². The van der Waals surface area contributed by atoms with Crippen LogP contribution in [0.4, 0.5) is 5.88 Å². The number of aliphatic carboxylic acids is 1. The monoisotopic (exact) mass is 184 g/mol. The lowest BCUT2D eigenvalue weighted by molar-refractivity contribution is -0.147. The average molecular weight is 184 g/mol. The van der Waals surface area contributed by atoms with Crippen LogP contribution < -0.4 is 5.32 Å². The molecule has 70 valence electrons. The highest BCUT2D eigenvalue weighted by molar-refractivity contribution is 6.36. The number of amides is 1. The third-order valence-corrected chi connectivity index (χ3v) is 1.58. The number of aromatic nitrogens is 1. The van der Waals surface area contributed by atoms with E-state index >= 15 is 0 Å². The van der Waals surface area contributed by atoms with Gasteiger partial charge in [-0.15, -0.1) is 0 Å². The highest BCUT2D eigenvalue weighted by Gasteiger charge is 2.16. The van der Waals surface area contributed by atoms with Gasteiger partial charge in [0.1, 0.15) is 0 Å². The fourth-order valence-electron chi connectivity index (χ4n) is 0.688. The zero-order valence-electron chi connectivity index (χ0n) is 7.12. The van der Waals surface area contributed by atoms with Crippen LogP contribution in [-0.2, 0) is 9.59 Å². The van der Waals surface area contributed by atoms with Gasteiger partial charge >= 0.3 is 11.9 Å². The lowest BCUT2D eigenvalue weighted by atomic mass is 10.3. The highest BCUT2D eigenvalue weighted by atomic mass is 16.5. The molecule has 13 heavy (non-hydrogen) atoms. The van der Waals surface area contributed by atoms with Crippen LogP contribution in [0.1, 0.15) is 11.3 Å². The number of rotatable bonds is 1. The number of carboxylic acid groups (broad SMARTS) is 1. The van der Waals surface area contributed by atoms with Crippen LogP contribution in [0.25, 0.3) is 0 Å². The van der Waals surface area contributed by atoms with Crippen molar-refractivity contribution in [1.82, 2.24) is 5.16 Å². The molecule has 1 aromatic rings. The van der Waals surface area contributed by atoms with E-state index in [-0.39, 0.29) is 5.88 Å². The molecular formula is C7H8N2O4. The summed E-state index contributed by atoms with van der Waals surface area (Å²) in [5, 5.41) is 13.9. The van der Waals surface area contributed by atoms with Crippen LogP contribution in [0, 0.1) is 13.8 Å². The first-order chi connectivity index (χ1) is 6.02. The standard InChI is InChI=1S/C7H8N2O4/c1-3-4(2)9-13-6(3)8-5(10)7(11)12/h1-2H3,(H,8,10)(H,11,12). The Morgan fingerprint density at radius 2 is 2.08 bits per heavy atom. The smallest absolute Gasteiger partial charge is 0.394 e. The zero-order valence-corrected chi connectivity index (χ0v) is 7.12. The number of anilines is 1. The topological polar surface area (TPSA) is 92.4 Å². The van der Waals surface area contributed by atoms with E-state index in [1.807, 2.05) is 0 Å². The van der Waals surface area contributed by atoms with Crippen molar-refractivity contribution in [2.45, 2.75) is 13.8 Å². The Kier molecular flexibility index (Phi) is 2.32. The summed E-state index contributed by atoms with van der Waals surface area (Å²) in [7, 11) is 0. The fraction of sp³-hybridized carbons (Fsp3) is 0.286. The summed E-state index contributed by atoms with van der Waals surface area (Å²) in [5.74, 6) is -2.63. The number of carbonyl (C=O) groups excluding carboxylic acids is 1. The number of carboxylic acids is 1. The van der Waals surface area contributed by atoms with Crippen LogP contribution in [0.2, 0.25) is 0 Å². The summed E-state index contributed by atoms with van der Waals surface area (Å²) in [6.45, 7) is 3.36. The Balaban J connectivity index is 2.81. The summed E-state index contributed by atoms with van der Waals surface area (Å²) in [4.78, 5) is 20.8. The fourth-order valence-corrected chi connectivity index (χ4v) is 0.688. The van der Waals surface area contributed by atoms with Gasteiger partial charge in [-0.25, -0.2) is 4.79 Å². The normalized spacial score (nSPS) is 9.69. The number of carbonyl (C=O) groups is 2. The summed E-state index contributed by atoms with van der Waals surface area (Å²) < 4.78 is 4.67. The van der Waals surface area contributed by atoms with Crippen molar-refractivity contribution >= 4 is 17.8 Å². The molecule has 2 N–H and O–H groups in total. The molecule has 0 fully saturated rings. The van der Waals surface area contributed by atoms with Crippen LogP contribution in [-0.4, -0.2) is 22.1 Å². The molecule has 0 atom stereocenters. The van der Waals surface area contributed by atoms with Crippen molar-refractivity contribution in [3.63, 3.8) is 0 Å². The van der Waals surface area contributed by atoms with Crippen LogP contribution >= 0.6 is 0 Å². The van der Waals surface area contributed by atoms with Crippen molar-refractivity contribution in [3.8, 4) is 0 Å². The molecule has 0 spiro atoms. The Labute approximate surface area is 73.5 Å². The van der Waals surface area contributed by atoms with Gasteiger partial charge in [0.05, 0.1) is 5.69 Å². The first-order valence-corrected chi connectivity index (χ1v) is 3.49. The number of nitrogens with one attached hydrogen (secondary N) is 1. The van der Waals surface area contributed by atoms with E-state index in [1.54, 1.807) is 13.8 Å². The van der Waals surface area contributed by atoms with Crippen LogP contribution in [0.3, 0.4) is 0 Å². The third-order valence-electron chi connectivity index (χ3n) is 1.58. The molecule has 0 unspecified atom stereocenters. The molecule has 0 aromatic carbocycles. The van der Waals surface area contributed by atoms with Gasteiger partial charge in [0.25, 0.3) is 0 Å². The Hall–Kier alpha value is -1.85. The minimum atomic E-state index is -1.56. The van der Waals surface area contributed by atoms with E-state index in [4.69, 9.17) is 5.11 Å². The molecule has 0 aliphatic rings. The van der Waals surface area contributed by atoms with E-state index < -0.39 is 11.9 Å². The molecule has 6 heteroatoms. The minimum Gasteiger partial charge on any atom is -0.474 e. The lowest BCUT2D eigenvalue weighted by Gasteiger charge is -1.95. The van der Waals surface area contributed by atoms with Gasteiger partial charge in [0, 0.05) is 5.56 Å². The quantitative estimate of drug-likeness (QED) is 0.613. The predicted molar refractivity (Wildman–Crippen MR) is 42.2 cm³/mol. The maximum atomic E-state index is 10.7. The van der Waals surface area contributed by atoms with Gasteiger partial charge in [-0.3, -0.25) is 10.1 Å². The summed E-state index contributed by atoms with van der Waals surface area (Å²) in [6, 6.07) is 0. The van der Waals surface area contributed by atoms with Crippen LogP contribution in [0.5, 0.6) is 0 Å². The molecule has 1 amide bonds. The van der Waals surface area contributed by atoms with Gasteiger partial charge in [-0.2, -0.15) is 0 Å². The summed E-state index contributed by atoms with van der Waals surface area (Å²) in [6.07, 6.45) is 0. The number of aryl methyl sites for hydroxylation is 1. The maximum absolute atomic E-state index is 10.7. The first kappa shape index (κ1) is 9.24. The first-order valence-electron chi connectivity index (χ1n) is 3.49. The molecule has 0 radical (unpaired) electrons. The van der Waals surface area contributed by atoms with Crippen molar-refractivity contribution < 1.29 is 19.2 Å². The average Bonchev–Trinajstić information content (AvgIpc) is 2.36. The second-order valence-corrected chi connectivity index (χ2v) is 2.48. The van der Waals surface area contributed by atoms with Gasteiger partial charge in [0.2, 0.25) is 5.88 Å². The van der Waals surface area contributed by atoms with Crippen molar-refractivity contribution in [1.29, 1.82) is 0 Å². The largest absolute Gasteiger partial charge is 0.474 e. The highest BCUT2D eigenvalue weighted by Crippen LogP contribution is 2.16. The SMILES string of the molecule is Cc1noc(NC(=O)C(=O)O)c1C. The third kappa shape index (κ3) is 1.84. The van der Waals surface area contributed by atoms with E-state index in [2.05, 4.69) is 15.0 Å². The van der Waals surface area contributed by atoms with E-state index in [1.165, 1.54) is 0 Å². The maximum Gasteiger partial charge on any atom is 0.394 e. The molecule has 1 heterocycles. The molecule has 0 saturated carbocycles. The predicted octanol–water partition coefficient (Wildman–Crippen LogP) is 0.315. The second-order valence-electron chi connectivity index (χ2n) is 2.48. The van der Waals surface area contributed by atoms with Crippen molar-refractivity contribution in [3.05, 3.63) is 11.3 Å². The number of hydrogen-bond donors (Lipinski definition) is 2. The van der Waals surface area contributed by atoms with Crippen LogP contribution in [0.15, 0.2) is 4.52 Å². The molecule has 0 bridgehead atoms. The molecule has 1 aromatic heterocycles. The molecular weight excluding hydrogens is 176 g/mol. The van der Waals surface area contributed by atoms with Gasteiger partial charge < -0.3 is 9.63 Å². The van der Waals surface area contributed by atoms with Gasteiger partial charge in [-0.1, -0.05) is 5.16 Å². The molecule has 0 aliphatic heterocycles. The number of nitrogens with zero attached hydrogens (tertiary/aromatic N) is 1. The van der Waals surface area contributed by atoms with Crippen molar-refractivity contribution in [2.24, 2.45) is 0 Å². The molecule has 1 rings (SSSR count). The van der Waals surface area contributed by atoms with E-state index in [0.717, 1.165) is 0 Å². The lowest BCUT2D eigenvalue weighted by Crippen LogP contribution is -2.21. The Morgan fingerprint density at radius 1 is 1.46 bits per heavy atom. The number of hydrogen-bond acceptors (Lipinski definition) is 4. The zero-order chi connectivity index (χ0) is 10.0. The summed E-state index contributed by atoms with van der Waals surface area (Å²) >= 11 is 0. The molecule has 0 aliphatic carbocycles. The minimum absolute atomic E-state index is 0.0740. The molecule has 0 saturated heterocycles. The molecule has 6 nitrogen and oxygen atoms in total. The Bertz CT molecular complexity index is 355. The summed E-state index contributed by atoms with van der Waals surface area (Å²) in [5.41, 5.74) is 1.23. The Morgan fingerprint density at radius 3 is 2.46 bits per heavy atom. The second kappa shape index (κ2) is 3.26. The van der Waals surface area contributed by atoms with E-state index in [0.29, 0.717) is 11.3 Å². The van der Waals surface area contributed by atoms with Gasteiger partial charge in [0.15, 0.2) is 0 Å². The van der Waals surface area contributed by atoms with Gasteiger partial charge in [-0.05, 0) is 13.8 Å². The van der Waals surface area contributed by atoms with Crippen molar-refractivity contribution in [2.75, 3.05) is 5.32 Å².